The lowest BCUT2D eigenvalue weighted by molar-refractivity contribution is 0.228. The van der Waals surface area contributed by atoms with E-state index in [0.717, 1.165) is 6.42 Å². The summed E-state index contributed by atoms with van der Waals surface area (Å²) in [6, 6.07) is 4.46. The number of rotatable bonds is 9. The molecular weight excluding hydrogens is 294 g/mol. The molecule has 1 aromatic carbocycles. The van der Waals surface area contributed by atoms with Crippen molar-refractivity contribution in [2.75, 3.05) is 27.4 Å². The van der Waals surface area contributed by atoms with Crippen molar-refractivity contribution < 1.29 is 23.0 Å². The minimum absolute atomic E-state index is 0.114. The Kier molecular flexibility index (Phi) is 6.94. The van der Waals surface area contributed by atoms with E-state index in [-0.39, 0.29) is 17.4 Å². The van der Waals surface area contributed by atoms with Gasteiger partial charge in [0.1, 0.15) is 0 Å². The number of benzene rings is 1. The molecule has 0 aliphatic heterocycles. The molecule has 0 saturated carbocycles. The van der Waals surface area contributed by atoms with Gasteiger partial charge in [-0.1, -0.05) is 6.92 Å². The molecule has 0 aliphatic carbocycles. The second kappa shape index (κ2) is 8.21. The van der Waals surface area contributed by atoms with E-state index in [1.807, 2.05) is 6.92 Å². The van der Waals surface area contributed by atoms with Gasteiger partial charge in [0.25, 0.3) is 0 Å². The van der Waals surface area contributed by atoms with Gasteiger partial charge in [0.05, 0.1) is 19.1 Å². The zero-order valence-electron chi connectivity index (χ0n) is 12.6. The highest BCUT2D eigenvalue weighted by molar-refractivity contribution is 7.89. The fraction of sp³-hybridized carbons (Fsp3) is 0.571. The Balaban J connectivity index is 2.70. The number of sulfonamides is 1. The zero-order valence-corrected chi connectivity index (χ0v) is 13.4. The first kappa shape index (κ1) is 17.7. The molecule has 0 aromatic heterocycles. The van der Waals surface area contributed by atoms with Crippen molar-refractivity contribution in [3.8, 4) is 11.5 Å². The van der Waals surface area contributed by atoms with Gasteiger partial charge >= 0.3 is 0 Å². The topological polar surface area (TPSA) is 84.9 Å². The largest absolute Gasteiger partial charge is 0.493 e. The summed E-state index contributed by atoms with van der Waals surface area (Å²) >= 11 is 0. The van der Waals surface area contributed by atoms with Crippen molar-refractivity contribution in [1.29, 1.82) is 0 Å². The maximum Gasteiger partial charge on any atom is 0.240 e. The molecule has 120 valence electrons. The number of aliphatic hydroxyl groups is 1. The molecule has 1 atom stereocenters. The van der Waals surface area contributed by atoms with E-state index in [4.69, 9.17) is 14.6 Å². The van der Waals surface area contributed by atoms with Crippen LogP contribution in [-0.2, 0) is 10.0 Å². The maximum atomic E-state index is 12.2. The van der Waals surface area contributed by atoms with Crippen LogP contribution in [0.25, 0.3) is 0 Å². The molecule has 0 bridgehead atoms. The Morgan fingerprint density at radius 2 is 1.90 bits per heavy atom. The molecule has 0 radical (unpaired) electrons. The molecule has 0 aliphatic rings. The van der Waals surface area contributed by atoms with E-state index in [9.17, 15) is 8.42 Å². The van der Waals surface area contributed by atoms with Crippen LogP contribution in [0.1, 0.15) is 19.8 Å². The molecule has 21 heavy (non-hydrogen) atoms. The lowest BCUT2D eigenvalue weighted by atomic mass is 10.1. The third kappa shape index (κ3) is 5.18. The molecule has 0 fully saturated rings. The van der Waals surface area contributed by atoms with E-state index in [1.54, 1.807) is 6.07 Å². The summed E-state index contributed by atoms with van der Waals surface area (Å²) in [6.07, 6.45) is 1.44. The predicted molar refractivity (Wildman–Crippen MR) is 80.2 cm³/mol. The first-order valence-corrected chi connectivity index (χ1v) is 8.25. The Bertz CT molecular complexity index is 544. The van der Waals surface area contributed by atoms with E-state index in [1.165, 1.54) is 26.4 Å². The van der Waals surface area contributed by atoms with Crippen LogP contribution in [0.2, 0.25) is 0 Å². The number of nitrogens with one attached hydrogen (secondary N) is 1. The number of methoxy groups -OCH3 is 2. The average Bonchev–Trinajstić information content (AvgIpc) is 2.50. The minimum atomic E-state index is -3.57. The van der Waals surface area contributed by atoms with Crippen LogP contribution in [0.3, 0.4) is 0 Å². The predicted octanol–water partition coefficient (Wildman–Crippen LogP) is 1.39. The van der Waals surface area contributed by atoms with Crippen molar-refractivity contribution in [1.82, 2.24) is 4.72 Å². The molecule has 1 rings (SSSR count). The molecular formula is C14H23NO5S. The summed E-state index contributed by atoms with van der Waals surface area (Å²) in [5, 5.41) is 8.91. The Labute approximate surface area is 126 Å². The number of hydrogen-bond donors (Lipinski definition) is 2. The summed E-state index contributed by atoms with van der Waals surface area (Å²) in [7, 11) is -0.622. The lowest BCUT2D eigenvalue weighted by Crippen LogP contribution is -2.25. The van der Waals surface area contributed by atoms with Crippen LogP contribution in [0, 0.1) is 5.92 Å². The molecule has 1 unspecified atom stereocenters. The zero-order chi connectivity index (χ0) is 15.9. The van der Waals surface area contributed by atoms with Crippen molar-refractivity contribution in [3.63, 3.8) is 0 Å². The molecule has 0 amide bonds. The number of hydrogen-bond acceptors (Lipinski definition) is 5. The molecule has 7 heteroatoms. The van der Waals surface area contributed by atoms with Crippen LogP contribution in [0.4, 0.5) is 0 Å². The fourth-order valence-corrected chi connectivity index (χ4v) is 2.90. The van der Waals surface area contributed by atoms with Crippen molar-refractivity contribution >= 4 is 10.0 Å². The number of aliphatic hydroxyl groups excluding tert-OH is 1. The summed E-state index contributed by atoms with van der Waals surface area (Å²) in [6.45, 7) is 2.37. The molecule has 2 N–H and O–H groups in total. The Hall–Kier alpha value is -1.31. The lowest BCUT2D eigenvalue weighted by Gasteiger charge is -2.11. The third-order valence-corrected chi connectivity index (χ3v) is 4.60. The van der Waals surface area contributed by atoms with Gasteiger partial charge in [-0.05, 0) is 30.9 Å². The molecule has 0 spiro atoms. The monoisotopic (exact) mass is 317 g/mol. The van der Waals surface area contributed by atoms with Gasteiger partial charge in [-0.15, -0.1) is 0 Å². The summed E-state index contributed by atoms with van der Waals surface area (Å²) in [5.41, 5.74) is 0. The Morgan fingerprint density at radius 1 is 1.24 bits per heavy atom. The van der Waals surface area contributed by atoms with Gasteiger partial charge in [-0.3, -0.25) is 0 Å². The van der Waals surface area contributed by atoms with Crippen LogP contribution in [0.5, 0.6) is 11.5 Å². The molecule has 1 aromatic rings. The molecule has 6 nitrogen and oxygen atoms in total. The van der Waals surface area contributed by atoms with Crippen molar-refractivity contribution in [2.24, 2.45) is 5.92 Å². The van der Waals surface area contributed by atoms with Crippen molar-refractivity contribution in [3.05, 3.63) is 18.2 Å². The van der Waals surface area contributed by atoms with Gasteiger partial charge in [-0.2, -0.15) is 0 Å². The van der Waals surface area contributed by atoms with Gasteiger partial charge in [0.15, 0.2) is 11.5 Å². The highest BCUT2D eigenvalue weighted by Crippen LogP contribution is 2.29. The van der Waals surface area contributed by atoms with Gasteiger partial charge < -0.3 is 14.6 Å². The summed E-state index contributed by atoms with van der Waals surface area (Å²) in [4.78, 5) is 0.135. The van der Waals surface area contributed by atoms with Crippen LogP contribution in [0.15, 0.2) is 23.1 Å². The number of ether oxygens (including phenoxy) is 2. The highest BCUT2D eigenvalue weighted by Gasteiger charge is 2.16. The maximum absolute atomic E-state index is 12.2. The van der Waals surface area contributed by atoms with Crippen LogP contribution in [-0.4, -0.2) is 40.9 Å². The normalized spacial score (nSPS) is 13.0. The van der Waals surface area contributed by atoms with E-state index < -0.39 is 10.0 Å². The molecule has 0 saturated heterocycles. The highest BCUT2D eigenvalue weighted by atomic mass is 32.2. The standard InChI is InChI=1S/C14H23NO5S/c1-11(10-16)5-4-8-15-21(17,18)12-6-7-13(19-2)14(9-12)20-3/h6-7,9,11,15-16H,4-5,8,10H2,1-3H3. The summed E-state index contributed by atoms with van der Waals surface area (Å²) in [5.74, 6) is 1.03. The van der Waals surface area contributed by atoms with E-state index in [2.05, 4.69) is 4.72 Å². The minimum Gasteiger partial charge on any atom is -0.493 e. The van der Waals surface area contributed by atoms with Crippen LogP contribution < -0.4 is 14.2 Å². The first-order valence-electron chi connectivity index (χ1n) is 6.77. The third-order valence-electron chi connectivity index (χ3n) is 3.14. The quantitative estimate of drug-likeness (QED) is 0.672. The van der Waals surface area contributed by atoms with Crippen LogP contribution >= 0.6 is 0 Å². The average molecular weight is 317 g/mol. The molecule has 0 heterocycles. The smallest absolute Gasteiger partial charge is 0.240 e. The van der Waals surface area contributed by atoms with E-state index >= 15 is 0 Å². The first-order chi connectivity index (χ1) is 9.94. The second-order valence-corrected chi connectivity index (χ2v) is 6.61. The Morgan fingerprint density at radius 3 is 2.48 bits per heavy atom. The second-order valence-electron chi connectivity index (χ2n) is 4.84. The van der Waals surface area contributed by atoms with Gasteiger partial charge in [-0.25, -0.2) is 13.1 Å². The SMILES string of the molecule is COc1ccc(S(=O)(=O)NCCCC(C)CO)cc1OC. The summed E-state index contributed by atoms with van der Waals surface area (Å²) < 4.78 is 37.0. The fourth-order valence-electron chi connectivity index (χ4n) is 1.82. The van der Waals surface area contributed by atoms with Gasteiger partial charge in [0.2, 0.25) is 10.0 Å². The van der Waals surface area contributed by atoms with Gasteiger partial charge in [0, 0.05) is 19.2 Å². The van der Waals surface area contributed by atoms with E-state index in [0.29, 0.717) is 24.5 Å². The van der Waals surface area contributed by atoms with Crippen molar-refractivity contribution in [2.45, 2.75) is 24.7 Å².